The van der Waals surface area contributed by atoms with Crippen LogP contribution in [-0.2, 0) is 4.79 Å². The summed E-state index contributed by atoms with van der Waals surface area (Å²) in [6.45, 7) is 10.1. The van der Waals surface area contributed by atoms with E-state index in [9.17, 15) is 4.79 Å². The molecule has 0 spiro atoms. The van der Waals surface area contributed by atoms with Gasteiger partial charge in [0.25, 0.3) is 0 Å². The fraction of sp³-hybridized carbons (Fsp3) is 0.308. The van der Waals surface area contributed by atoms with E-state index in [4.69, 9.17) is 5.73 Å². The number of carbonyl (C=O) groups excluding carboxylic acids is 1. The summed E-state index contributed by atoms with van der Waals surface area (Å²) in [7, 11) is 0. The van der Waals surface area contributed by atoms with Gasteiger partial charge >= 0.3 is 0 Å². The monoisotopic (exact) mass is 220 g/mol. The van der Waals surface area contributed by atoms with Crippen LogP contribution in [0.1, 0.15) is 13.3 Å². The van der Waals surface area contributed by atoms with Gasteiger partial charge < -0.3 is 10.6 Å². The van der Waals surface area contributed by atoms with Crippen LogP contribution < -0.4 is 5.73 Å². The van der Waals surface area contributed by atoms with Gasteiger partial charge in [0.1, 0.15) is 0 Å². The minimum Gasteiger partial charge on any atom is -0.405 e. The number of rotatable bonds is 7. The van der Waals surface area contributed by atoms with Crippen molar-refractivity contribution in [3.05, 3.63) is 49.2 Å². The first-order chi connectivity index (χ1) is 7.67. The van der Waals surface area contributed by atoms with Crippen LogP contribution in [0.15, 0.2) is 49.2 Å². The first-order valence-corrected chi connectivity index (χ1v) is 5.22. The van der Waals surface area contributed by atoms with Crippen LogP contribution in [0.25, 0.3) is 0 Å². The molecule has 0 aliphatic heterocycles. The molecule has 1 amide bonds. The lowest BCUT2D eigenvalue weighted by molar-refractivity contribution is -0.126. The van der Waals surface area contributed by atoms with Gasteiger partial charge in [0.05, 0.1) is 0 Å². The average molecular weight is 220 g/mol. The lowest BCUT2D eigenvalue weighted by Gasteiger charge is -2.19. The molecular formula is C13H20N2O. The molecule has 0 aliphatic carbocycles. The third-order valence-corrected chi connectivity index (χ3v) is 2.02. The molecule has 0 unspecified atom stereocenters. The molecule has 0 bridgehead atoms. The molecular weight excluding hydrogens is 200 g/mol. The topological polar surface area (TPSA) is 46.3 Å². The second-order valence-corrected chi connectivity index (χ2v) is 3.34. The Morgan fingerprint density at radius 1 is 1.31 bits per heavy atom. The highest BCUT2D eigenvalue weighted by Gasteiger charge is 2.11. The maximum absolute atomic E-state index is 11.9. The van der Waals surface area contributed by atoms with E-state index < -0.39 is 0 Å². The van der Waals surface area contributed by atoms with Gasteiger partial charge in [-0.15, -0.1) is 13.2 Å². The molecule has 0 aliphatic rings. The molecule has 3 nitrogen and oxygen atoms in total. The summed E-state index contributed by atoms with van der Waals surface area (Å²) in [5, 5.41) is 0. The Labute approximate surface area is 97.6 Å². The molecule has 0 aromatic rings. The van der Waals surface area contributed by atoms with E-state index in [-0.39, 0.29) is 5.91 Å². The number of carbonyl (C=O) groups is 1. The van der Waals surface area contributed by atoms with Crippen LogP contribution in [0, 0.1) is 0 Å². The fourth-order valence-electron chi connectivity index (χ4n) is 1.21. The van der Waals surface area contributed by atoms with E-state index >= 15 is 0 Å². The summed E-state index contributed by atoms with van der Waals surface area (Å²) in [6.07, 6.45) is 9.19. The molecule has 0 fully saturated rings. The van der Waals surface area contributed by atoms with E-state index in [0.717, 1.165) is 0 Å². The van der Waals surface area contributed by atoms with Gasteiger partial charge in [-0.2, -0.15) is 0 Å². The van der Waals surface area contributed by atoms with Crippen molar-refractivity contribution < 1.29 is 4.79 Å². The number of nitrogens with two attached hydrogens (primary N) is 1. The van der Waals surface area contributed by atoms with Crippen molar-refractivity contribution in [1.29, 1.82) is 0 Å². The first-order valence-electron chi connectivity index (χ1n) is 5.22. The van der Waals surface area contributed by atoms with Crippen LogP contribution in [0.2, 0.25) is 0 Å². The highest BCUT2D eigenvalue weighted by Crippen LogP contribution is 2.03. The zero-order valence-corrected chi connectivity index (χ0v) is 9.86. The first kappa shape index (κ1) is 14.2. The summed E-state index contributed by atoms with van der Waals surface area (Å²) in [5.41, 5.74) is 5.92. The molecule has 0 radical (unpaired) electrons. The third kappa shape index (κ3) is 5.20. The molecule has 0 heterocycles. The van der Waals surface area contributed by atoms with Crippen molar-refractivity contribution in [3.63, 3.8) is 0 Å². The lowest BCUT2D eigenvalue weighted by Crippen LogP contribution is -2.31. The number of hydrogen-bond acceptors (Lipinski definition) is 2. The molecule has 2 N–H and O–H groups in total. The lowest BCUT2D eigenvalue weighted by atomic mass is 10.2. The van der Waals surface area contributed by atoms with Crippen molar-refractivity contribution in [2.45, 2.75) is 13.3 Å². The van der Waals surface area contributed by atoms with E-state index in [1.165, 1.54) is 6.20 Å². The van der Waals surface area contributed by atoms with Crippen molar-refractivity contribution in [3.8, 4) is 0 Å². The van der Waals surface area contributed by atoms with Crippen LogP contribution in [0.4, 0.5) is 0 Å². The zero-order chi connectivity index (χ0) is 12.4. The van der Waals surface area contributed by atoms with Gasteiger partial charge in [-0.05, 0) is 19.5 Å². The average Bonchev–Trinajstić information content (AvgIpc) is 2.28. The smallest absolute Gasteiger partial charge is 0.249 e. The quantitative estimate of drug-likeness (QED) is 0.527. The molecule has 88 valence electrons. The maximum Gasteiger partial charge on any atom is 0.249 e. The van der Waals surface area contributed by atoms with Crippen molar-refractivity contribution in [1.82, 2.24) is 4.90 Å². The van der Waals surface area contributed by atoms with Crippen molar-refractivity contribution >= 4 is 5.91 Å². The minimum atomic E-state index is 0.00483. The zero-order valence-electron chi connectivity index (χ0n) is 9.86. The highest BCUT2D eigenvalue weighted by molar-refractivity contribution is 5.93. The normalized spacial score (nSPS) is 11.4. The number of hydrogen-bond donors (Lipinski definition) is 1. The molecule has 0 saturated carbocycles. The van der Waals surface area contributed by atoms with Gasteiger partial charge in [0, 0.05) is 18.7 Å². The largest absolute Gasteiger partial charge is 0.405 e. The predicted molar refractivity (Wildman–Crippen MR) is 68.7 cm³/mol. The van der Waals surface area contributed by atoms with E-state index in [0.29, 0.717) is 25.1 Å². The summed E-state index contributed by atoms with van der Waals surface area (Å²) in [4.78, 5) is 13.6. The second kappa shape index (κ2) is 8.53. The van der Waals surface area contributed by atoms with Gasteiger partial charge in [-0.25, -0.2) is 0 Å². The van der Waals surface area contributed by atoms with Crippen molar-refractivity contribution in [2.75, 3.05) is 13.1 Å². The number of nitrogens with zero attached hydrogens (tertiary/aromatic N) is 1. The maximum atomic E-state index is 11.9. The van der Waals surface area contributed by atoms with E-state index in [2.05, 4.69) is 13.2 Å². The molecule has 0 aromatic heterocycles. The van der Waals surface area contributed by atoms with Crippen LogP contribution in [0.5, 0.6) is 0 Å². The molecule has 3 heteroatoms. The van der Waals surface area contributed by atoms with Gasteiger partial charge in [-0.3, -0.25) is 4.79 Å². The van der Waals surface area contributed by atoms with Gasteiger partial charge in [0.15, 0.2) is 0 Å². The fourth-order valence-corrected chi connectivity index (χ4v) is 1.21. The Bertz CT molecular complexity index is 293. The standard InChI is InChI=1S/C13H20N2O/c1-4-10-15(11-5-2)13(16)12(3)8-6-7-9-14/h4-5,7-9H,1-2,6,10-11,14H2,3H3. The van der Waals surface area contributed by atoms with Crippen LogP contribution in [0.3, 0.4) is 0 Å². The Hall–Kier alpha value is -1.77. The number of amides is 1. The summed E-state index contributed by atoms with van der Waals surface area (Å²) < 4.78 is 0. The molecule has 0 saturated heterocycles. The van der Waals surface area contributed by atoms with Gasteiger partial charge in [-0.1, -0.05) is 24.3 Å². The number of allylic oxidation sites excluding steroid dienone is 2. The highest BCUT2D eigenvalue weighted by atomic mass is 16.2. The van der Waals surface area contributed by atoms with E-state index in [1.807, 2.05) is 6.08 Å². The molecule has 0 aromatic carbocycles. The molecule has 0 rings (SSSR count). The summed E-state index contributed by atoms with van der Waals surface area (Å²) in [5.74, 6) is 0.00483. The van der Waals surface area contributed by atoms with E-state index in [1.54, 1.807) is 30.1 Å². The SMILES string of the molecule is C=CCN(CC=C)C(=O)C(C)=CCC=CN. The Balaban J connectivity index is 4.51. The van der Waals surface area contributed by atoms with Crippen LogP contribution >= 0.6 is 0 Å². The molecule has 16 heavy (non-hydrogen) atoms. The minimum absolute atomic E-state index is 0.00483. The summed E-state index contributed by atoms with van der Waals surface area (Å²) in [6, 6.07) is 0. The Morgan fingerprint density at radius 2 is 1.88 bits per heavy atom. The van der Waals surface area contributed by atoms with Crippen molar-refractivity contribution in [2.24, 2.45) is 5.73 Å². The van der Waals surface area contributed by atoms with Gasteiger partial charge in [0.2, 0.25) is 5.91 Å². The Kier molecular flexibility index (Phi) is 7.59. The summed E-state index contributed by atoms with van der Waals surface area (Å²) >= 11 is 0. The third-order valence-electron chi connectivity index (χ3n) is 2.02. The molecule has 0 atom stereocenters. The second-order valence-electron chi connectivity index (χ2n) is 3.34. The predicted octanol–water partition coefficient (Wildman–Crippen LogP) is 2.00. The van der Waals surface area contributed by atoms with Crippen LogP contribution in [-0.4, -0.2) is 23.9 Å². The Morgan fingerprint density at radius 3 is 2.31 bits per heavy atom.